The second-order valence-electron chi connectivity index (χ2n) is 16.9. The Kier molecular flexibility index (Phi) is 14.2. The van der Waals surface area contributed by atoms with E-state index in [1.165, 1.54) is 6.07 Å². The van der Waals surface area contributed by atoms with Crippen molar-refractivity contribution < 1.29 is 33.8 Å². The van der Waals surface area contributed by atoms with Crippen molar-refractivity contribution in [1.82, 2.24) is 24.7 Å². The number of nitrogens with zero attached hydrogens (tertiary/aromatic N) is 4. The molecular formula is C41H56Br2N6O8. The average molecular weight is 921 g/mol. The number of hydrogen-bond donors (Lipinski definition) is 3. The molecule has 3 amide bonds. The lowest BCUT2D eigenvalue weighted by Gasteiger charge is -2.44. The van der Waals surface area contributed by atoms with E-state index < -0.39 is 22.7 Å². The molecular weight excluding hydrogens is 864 g/mol. The maximum atomic E-state index is 13.0. The van der Waals surface area contributed by atoms with Crippen LogP contribution in [0.1, 0.15) is 110 Å². The van der Waals surface area contributed by atoms with E-state index in [0.29, 0.717) is 49.9 Å². The Bertz CT molecular complexity index is 2060. The Morgan fingerprint density at radius 1 is 0.825 bits per heavy atom. The van der Waals surface area contributed by atoms with Crippen LogP contribution in [0.3, 0.4) is 0 Å². The van der Waals surface area contributed by atoms with Crippen LogP contribution in [0.5, 0.6) is 0 Å². The summed E-state index contributed by atoms with van der Waals surface area (Å²) in [6.07, 6.45) is 6.18. The summed E-state index contributed by atoms with van der Waals surface area (Å²) in [4.78, 5) is 68.4. The molecule has 2 unspecified atom stereocenters. The van der Waals surface area contributed by atoms with Gasteiger partial charge in [-0.15, -0.1) is 0 Å². The minimum absolute atomic E-state index is 0. The number of aromatic nitrogens is 2. The van der Waals surface area contributed by atoms with Gasteiger partial charge >= 0.3 is 18.2 Å². The number of halogens is 2. The number of hydrogen-bond acceptors (Lipinski definition) is 9. The number of amides is 3. The van der Waals surface area contributed by atoms with Crippen LogP contribution in [0.4, 0.5) is 15.3 Å². The maximum absolute atomic E-state index is 13.0. The molecule has 3 aromatic rings. The lowest BCUT2D eigenvalue weighted by Crippen LogP contribution is -2.57. The number of nitrogens with one attached hydrogen (secondary N) is 1. The Labute approximate surface area is 351 Å². The van der Waals surface area contributed by atoms with E-state index in [2.05, 4.69) is 37.2 Å². The number of aromatic carboxylic acids is 1. The molecule has 4 N–H and O–H groups in total. The van der Waals surface area contributed by atoms with Crippen LogP contribution in [-0.2, 0) is 27.2 Å². The van der Waals surface area contributed by atoms with Crippen molar-refractivity contribution >= 4 is 72.5 Å². The molecule has 2 atom stereocenters. The Hall–Kier alpha value is -4.18. The van der Waals surface area contributed by atoms with Crippen molar-refractivity contribution in [1.29, 1.82) is 0 Å². The van der Waals surface area contributed by atoms with Gasteiger partial charge in [-0.25, -0.2) is 19.4 Å². The number of carbonyl (C=O) groups excluding carboxylic acids is 3. The number of piperidine rings is 2. The number of nitrogen functional groups attached to an aromatic ring is 1. The van der Waals surface area contributed by atoms with Crippen molar-refractivity contribution in [2.75, 3.05) is 25.4 Å². The molecule has 3 saturated heterocycles. The zero-order valence-electron chi connectivity index (χ0n) is 32.9. The first kappa shape index (κ1) is 45.5. The minimum atomic E-state index is -1.00. The first-order chi connectivity index (χ1) is 26.1. The van der Waals surface area contributed by atoms with Gasteiger partial charge in [0, 0.05) is 40.7 Å². The number of carboxylic acids is 1. The van der Waals surface area contributed by atoms with Crippen molar-refractivity contribution in [3.8, 4) is 0 Å². The van der Waals surface area contributed by atoms with Gasteiger partial charge in [-0.05, 0) is 116 Å². The summed E-state index contributed by atoms with van der Waals surface area (Å²) >= 11 is 6.62. The Morgan fingerprint density at radius 2 is 1.37 bits per heavy atom. The maximum Gasteiger partial charge on any atom is 0.410 e. The number of carboxylic acid groups (broad SMARTS) is 1. The van der Waals surface area contributed by atoms with Gasteiger partial charge in [0.25, 0.3) is 5.56 Å². The van der Waals surface area contributed by atoms with Gasteiger partial charge in [0.15, 0.2) is 0 Å². The SMILES string of the molecule is C.CC(C)(C)OC(=O)N1CCCCC12CNC(=O)C2.CC(C)(C)OC(=O)N1CCCCC12Cc1nc3cc(Br)ccc3c(=O)n1C2.Nc1cc(Br)ccc1C(=O)O. The average Bonchev–Trinajstić information content (AvgIpc) is 3.63. The van der Waals surface area contributed by atoms with Gasteiger partial charge in [-0.1, -0.05) is 39.3 Å². The van der Waals surface area contributed by atoms with Gasteiger partial charge in [-0.3, -0.25) is 14.2 Å². The summed E-state index contributed by atoms with van der Waals surface area (Å²) in [7, 11) is 0. The summed E-state index contributed by atoms with van der Waals surface area (Å²) in [6.45, 7) is 13.6. The van der Waals surface area contributed by atoms with Crippen LogP contribution in [0.2, 0.25) is 0 Å². The predicted molar refractivity (Wildman–Crippen MR) is 226 cm³/mol. The highest BCUT2D eigenvalue weighted by atomic mass is 79.9. The highest BCUT2D eigenvalue weighted by Gasteiger charge is 2.49. The van der Waals surface area contributed by atoms with E-state index in [9.17, 15) is 24.0 Å². The van der Waals surface area contributed by atoms with E-state index in [-0.39, 0.29) is 47.9 Å². The number of benzene rings is 2. The lowest BCUT2D eigenvalue weighted by atomic mass is 9.85. The van der Waals surface area contributed by atoms with E-state index in [4.69, 9.17) is 25.3 Å². The molecule has 2 spiro atoms. The van der Waals surface area contributed by atoms with E-state index in [0.717, 1.165) is 53.3 Å². The summed E-state index contributed by atoms with van der Waals surface area (Å²) in [5.74, 6) is -0.221. The Morgan fingerprint density at radius 3 is 1.89 bits per heavy atom. The molecule has 1 aromatic heterocycles. The number of carbonyl (C=O) groups is 4. The second kappa shape index (κ2) is 17.8. The fraction of sp³-hybridized carbons (Fsp3) is 0.561. The third-order valence-corrected chi connectivity index (χ3v) is 11.2. The van der Waals surface area contributed by atoms with Crippen LogP contribution in [0.25, 0.3) is 10.9 Å². The third kappa shape index (κ3) is 10.9. The van der Waals surface area contributed by atoms with Gasteiger partial charge < -0.3 is 35.4 Å². The highest BCUT2D eigenvalue weighted by molar-refractivity contribution is 9.10. The molecule has 7 rings (SSSR count). The number of rotatable bonds is 1. The molecule has 312 valence electrons. The van der Waals surface area contributed by atoms with E-state index in [1.807, 2.05) is 58.6 Å². The summed E-state index contributed by atoms with van der Waals surface area (Å²) in [6, 6.07) is 10.2. The van der Waals surface area contributed by atoms with Gasteiger partial charge in [-0.2, -0.15) is 0 Å². The molecule has 16 heteroatoms. The number of fused-ring (bicyclic) bond motifs is 2. The fourth-order valence-corrected chi connectivity index (χ4v) is 8.44. The largest absolute Gasteiger partial charge is 0.478 e. The van der Waals surface area contributed by atoms with Crippen molar-refractivity contribution in [2.24, 2.45) is 0 Å². The minimum Gasteiger partial charge on any atom is -0.478 e. The predicted octanol–water partition coefficient (Wildman–Crippen LogP) is 7.91. The molecule has 4 aliphatic rings. The molecule has 0 bridgehead atoms. The monoisotopic (exact) mass is 918 g/mol. The zero-order chi connectivity index (χ0) is 41.2. The zero-order valence-corrected chi connectivity index (χ0v) is 36.0. The van der Waals surface area contributed by atoms with Gasteiger partial charge in [0.2, 0.25) is 5.91 Å². The third-order valence-electron chi connectivity index (χ3n) is 10.2. The van der Waals surface area contributed by atoms with Crippen LogP contribution < -0.4 is 16.6 Å². The first-order valence-corrected chi connectivity index (χ1v) is 20.5. The molecule has 0 radical (unpaired) electrons. The number of likely N-dealkylation sites (tertiary alicyclic amines) is 2. The molecule has 2 aromatic carbocycles. The van der Waals surface area contributed by atoms with Gasteiger partial charge in [0.05, 0.1) is 40.5 Å². The second-order valence-corrected chi connectivity index (χ2v) is 18.7. The molecule has 14 nitrogen and oxygen atoms in total. The topological polar surface area (TPSA) is 186 Å². The van der Waals surface area contributed by atoms with Crippen molar-refractivity contribution in [3.63, 3.8) is 0 Å². The smallest absolute Gasteiger partial charge is 0.410 e. The van der Waals surface area contributed by atoms with E-state index in [1.54, 1.807) is 27.7 Å². The summed E-state index contributed by atoms with van der Waals surface area (Å²) in [5, 5.41) is 12.0. The fourth-order valence-electron chi connectivity index (χ4n) is 7.71. The quantitative estimate of drug-likeness (QED) is 0.203. The molecule has 4 aliphatic heterocycles. The van der Waals surface area contributed by atoms with E-state index >= 15 is 0 Å². The van der Waals surface area contributed by atoms with Crippen LogP contribution in [0.15, 0.2) is 50.1 Å². The molecule has 3 fully saturated rings. The summed E-state index contributed by atoms with van der Waals surface area (Å²) in [5.41, 5.74) is 4.66. The van der Waals surface area contributed by atoms with Gasteiger partial charge in [0.1, 0.15) is 17.0 Å². The standard InChI is InChI=1S/C20H24BrN3O3.C13H22N2O3.C7H6BrNO2.CH4/c1-19(2,3)27-18(26)24-9-5-4-8-20(24)11-16-22-15-10-13(21)6-7-14(15)17(25)23(16)12-20;1-12(2,3)18-11(17)15-7-5-4-6-13(15)8-10(16)14-9-13;8-4-1-2-5(7(10)11)6(9)3-4;/h6-7,10H,4-5,8-9,11-12H2,1-3H3;4-9H2,1-3H3,(H,14,16);1-3H,9H2,(H,10,11);1H4. The molecule has 0 aliphatic carbocycles. The number of nitrogens with two attached hydrogens (primary N) is 1. The first-order valence-electron chi connectivity index (χ1n) is 18.9. The van der Waals surface area contributed by atoms with Crippen molar-refractivity contribution in [3.05, 3.63) is 67.1 Å². The van der Waals surface area contributed by atoms with Crippen LogP contribution in [-0.4, -0.2) is 90.4 Å². The van der Waals surface area contributed by atoms with Crippen LogP contribution >= 0.6 is 31.9 Å². The molecule has 57 heavy (non-hydrogen) atoms. The highest BCUT2D eigenvalue weighted by Crippen LogP contribution is 2.38. The number of anilines is 1. The number of ether oxygens (including phenoxy) is 2. The lowest BCUT2D eigenvalue weighted by molar-refractivity contribution is -0.120. The molecule has 0 saturated carbocycles. The molecule has 5 heterocycles. The summed E-state index contributed by atoms with van der Waals surface area (Å²) < 4.78 is 14.5. The van der Waals surface area contributed by atoms with Crippen LogP contribution in [0, 0.1) is 0 Å². The Balaban J connectivity index is 0.000000207. The van der Waals surface area contributed by atoms with Crippen molar-refractivity contribution in [2.45, 2.75) is 129 Å². The normalized spacial score (nSPS) is 21.4.